The van der Waals surface area contributed by atoms with Gasteiger partial charge in [0.15, 0.2) is 0 Å². The lowest BCUT2D eigenvalue weighted by molar-refractivity contribution is 0.482. The van der Waals surface area contributed by atoms with E-state index in [2.05, 4.69) is 0 Å². The molecule has 18 heavy (non-hydrogen) atoms. The van der Waals surface area contributed by atoms with Crippen LogP contribution in [0.4, 0.5) is 11.4 Å². The monoisotopic (exact) mass is 284 g/mol. The van der Waals surface area contributed by atoms with Gasteiger partial charge in [-0.15, -0.1) is 0 Å². The first-order valence-electron chi connectivity index (χ1n) is 5.48. The van der Waals surface area contributed by atoms with Crippen LogP contribution in [0, 0.1) is 6.92 Å². The topological polar surface area (TPSA) is 42.4 Å². The molecule has 5 heteroatoms. The van der Waals surface area contributed by atoms with E-state index in [0.29, 0.717) is 22.3 Å². The van der Waals surface area contributed by atoms with Crippen molar-refractivity contribution in [2.24, 2.45) is 0 Å². The summed E-state index contributed by atoms with van der Waals surface area (Å²) in [5.41, 5.74) is 6.98. The average molecular weight is 285 g/mol. The molecule has 0 atom stereocenters. The van der Waals surface area contributed by atoms with Gasteiger partial charge in [0.1, 0.15) is 11.5 Å². The van der Waals surface area contributed by atoms with Gasteiger partial charge in [-0.05, 0) is 31.2 Å². The van der Waals surface area contributed by atoms with Crippen molar-refractivity contribution in [1.82, 2.24) is 0 Å². The zero-order chi connectivity index (χ0) is 13.3. The SMILES string of the molecule is Cc1ccc(CN(C)c2c(Cl)cc(N)cc2Cl)o1. The van der Waals surface area contributed by atoms with Gasteiger partial charge in [0.25, 0.3) is 0 Å². The zero-order valence-corrected chi connectivity index (χ0v) is 11.7. The highest BCUT2D eigenvalue weighted by Gasteiger charge is 2.13. The first-order chi connectivity index (χ1) is 8.47. The molecule has 1 aromatic carbocycles. The quantitative estimate of drug-likeness (QED) is 0.863. The smallest absolute Gasteiger partial charge is 0.123 e. The number of rotatable bonds is 3. The summed E-state index contributed by atoms with van der Waals surface area (Å²) in [5, 5.41) is 1.07. The van der Waals surface area contributed by atoms with Crippen LogP contribution in [0.25, 0.3) is 0 Å². The van der Waals surface area contributed by atoms with Crippen LogP contribution < -0.4 is 10.6 Å². The van der Waals surface area contributed by atoms with Crippen molar-refractivity contribution < 1.29 is 4.42 Å². The third kappa shape index (κ3) is 2.74. The standard InChI is InChI=1S/C13H14Cl2N2O/c1-8-3-4-10(18-8)7-17(2)13-11(14)5-9(16)6-12(13)15/h3-6H,7,16H2,1-2H3. The lowest BCUT2D eigenvalue weighted by Gasteiger charge is -2.21. The summed E-state index contributed by atoms with van der Waals surface area (Å²) in [6, 6.07) is 7.24. The minimum Gasteiger partial charge on any atom is -0.464 e. The fourth-order valence-corrected chi connectivity index (χ4v) is 2.63. The molecule has 0 amide bonds. The van der Waals surface area contributed by atoms with E-state index in [1.807, 2.05) is 31.0 Å². The maximum atomic E-state index is 6.16. The highest BCUT2D eigenvalue weighted by molar-refractivity contribution is 6.39. The number of aryl methyl sites for hydroxylation is 1. The van der Waals surface area contributed by atoms with Crippen molar-refractivity contribution in [3.05, 3.63) is 45.8 Å². The Balaban J connectivity index is 2.26. The molecule has 0 bridgehead atoms. The van der Waals surface area contributed by atoms with Gasteiger partial charge >= 0.3 is 0 Å². The van der Waals surface area contributed by atoms with Gasteiger partial charge in [-0.2, -0.15) is 0 Å². The van der Waals surface area contributed by atoms with E-state index in [-0.39, 0.29) is 0 Å². The van der Waals surface area contributed by atoms with E-state index in [9.17, 15) is 0 Å². The third-order valence-corrected chi connectivity index (χ3v) is 3.19. The lowest BCUT2D eigenvalue weighted by Crippen LogP contribution is -2.17. The first-order valence-corrected chi connectivity index (χ1v) is 6.24. The number of nitrogens with zero attached hydrogens (tertiary/aromatic N) is 1. The number of nitrogen functional groups attached to an aromatic ring is 1. The number of hydrogen-bond donors (Lipinski definition) is 1. The van der Waals surface area contributed by atoms with E-state index in [4.69, 9.17) is 33.4 Å². The maximum absolute atomic E-state index is 6.16. The van der Waals surface area contributed by atoms with Gasteiger partial charge in [0.05, 0.1) is 22.3 Å². The Morgan fingerprint density at radius 1 is 1.22 bits per heavy atom. The molecule has 0 aliphatic carbocycles. The second-order valence-corrected chi connectivity index (χ2v) is 5.02. The van der Waals surface area contributed by atoms with Gasteiger partial charge in [-0.25, -0.2) is 0 Å². The molecule has 0 fully saturated rings. The molecular formula is C13H14Cl2N2O. The Labute approximate surface area is 116 Å². The van der Waals surface area contributed by atoms with Crippen molar-refractivity contribution >= 4 is 34.6 Å². The molecule has 0 aliphatic rings. The van der Waals surface area contributed by atoms with E-state index >= 15 is 0 Å². The highest BCUT2D eigenvalue weighted by atomic mass is 35.5. The summed E-state index contributed by atoms with van der Waals surface area (Å²) in [5.74, 6) is 1.74. The molecule has 0 radical (unpaired) electrons. The first kappa shape index (κ1) is 13.1. The van der Waals surface area contributed by atoms with Crippen LogP contribution in [-0.2, 0) is 6.54 Å². The molecule has 1 aromatic heterocycles. The Morgan fingerprint density at radius 2 is 1.83 bits per heavy atom. The van der Waals surface area contributed by atoms with Crippen LogP contribution in [0.3, 0.4) is 0 Å². The van der Waals surface area contributed by atoms with Crippen LogP contribution >= 0.6 is 23.2 Å². The molecule has 2 aromatic rings. The normalized spacial score (nSPS) is 10.7. The Kier molecular flexibility index (Phi) is 3.73. The number of furan rings is 1. The van der Waals surface area contributed by atoms with Crippen LogP contribution in [-0.4, -0.2) is 7.05 Å². The van der Waals surface area contributed by atoms with Crippen LogP contribution in [0.5, 0.6) is 0 Å². The molecular weight excluding hydrogens is 271 g/mol. The van der Waals surface area contributed by atoms with E-state index in [0.717, 1.165) is 17.2 Å². The van der Waals surface area contributed by atoms with Crippen molar-refractivity contribution in [1.29, 1.82) is 0 Å². The molecule has 96 valence electrons. The number of nitrogens with two attached hydrogens (primary N) is 1. The van der Waals surface area contributed by atoms with Gasteiger partial charge in [-0.3, -0.25) is 0 Å². The predicted molar refractivity (Wildman–Crippen MR) is 76.4 cm³/mol. The molecule has 3 nitrogen and oxygen atoms in total. The summed E-state index contributed by atoms with van der Waals surface area (Å²) >= 11 is 12.3. The lowest BCUT2D eigenvalue weighted by atomic mass is 10.2. The van der Waals surface area contributed by atoms with E-state index in [1.54, 1.807) is 12.1 Å². The van der Waals surface area contributed by atoms with Gasteiger partial charge in [0.2, 0.25) is 0 Å². The van der Waals surface area contributed by atoms with Crippen molar-refractivity contribution in [2.75, 3.05) is 17.7 Å². The number of hydrogen-bond acceptors (Lipinski definition) is 3. The van der Waals surface area contributed by atoms with Crippen LogP contribution in [0.15, 0.2) is 28.7 Å². The molecule has 0 spiro atoms. The Hall–Kier alpha value is -1.32. The summed E-state index contributed by atoms with van der Waals surface area (Å²) in [4.78, 5) is 1.93. The third-order valence-electron chi connectivity index (χ3n) is 2.61. The fourth-order valence-electron chi connectivity index (χ4n) is 1.83. The average Bonchev–Trinajstić information content (AvgIpc) is 2.62. The minimum atomic E-state index is 0.533. The number of anilines is 2. The van der Waals surface area contributed by atoms with Crippen molar-refractivity contribution in [3.8, 4) is 0 Å². The second-order valence-electron chi connectivity index (χ2n) is 4.20. The Morgan fingerprint density at radius 3 is 2.33 bits per heavy atom. The van der Waals surface area contributed by atoms with Crippen molar-refractivity contribution in [2.45, 2.75) is 13.5 Å². The van der Waals surface area contributed by atoms with E-state index < -0.39 is 0 Å². The number of benzene rings is 1. The molecule has 0 aliphatic heterocycles. The van der Waals surface area contributed by atoms with Gasteiger partial charge < -0.3 is 15.1 Å². The molecule has 0 saturated carbocycles. The fraction of sp³-hybridized carbons (Fsp3) is 0.231. The number of halogens is 2. The molecule has 0 unspecified atom stereocenters. The second kappa shape index (κ2) is 5.12. The summed E-state index contributed by atoms with van der Waals surface area (Å²) in [7, 11) is 1.90. The molecule has 1 heterocycles. The van der Waals surface area contributed by atoms with Crippen LogP contribution in [0.2, 0.25) is 10.0 Å². The molecule has 0 saturated heterocycles. The summed E-state index contributed by atoms with van der Waals surface area (Å²) in [6.45, 7) is 2.50. The zero-order valence-electron chi connectivity index (χ0n) is 10.2. The molecule has 2 N–H and O–H groups in total. The molecule has 2 rings (SSSR count). The summed E-state index contributed by atoms with van der Waals surface area (Å²) < 4.78 is 5.53. The summed E-state index contributed by atoms with van der Waals surface area (Å²) in [6.07, 6.45) is 0. The van der Waals surface area contributed by atoms with Gasteiger partial charge in [-0.1, -0.05) is 23.2 Å². The minimum absolute atomic E-state index is 0.533. The van der Waals surface area contributed by atoms with Crippen LogP contribution in [0.1, 0.15) is 11.5 Å². The largest absolute Gasteiger partial charge is 0.464 e. The van der Waals surface area contributed by atoms with E-state index in [1.165, 1.54) is 0 Å². The Bertz CT molecular complexity index is 543. The van der Waals surface area contributed by atoms with Crippen molar-refractivity contribution in [3.63, 3.8) is 0 Å². The maximum Gasteiger partial charge on any atom is 0.123 e. The predicted octanol–water partition coefficient (Wildman–Crippen LogP) is 4.11. The van der Waals surface area contributed by atoms with Gasteiger partial charge in [0, 0.05) is 12.7 Å². The highest BCUT2D eigenvalue weighted by Crippen LogP contribution is 2.35.